The molecule has 4 nitrogen and oxygen atoms in total. The predicted molar refractivity (Wildman–Crippen MR) is 77.1 cm³/mol. The van der Waals surface area contributed by atoms with Crippen molar-refractivity contribution >= 4 is 22.7 Å². The molecule has 2 aromatic heterocycles. The first-order chi connectivity index (χ1) is 8.54. The Morgan fingerprint density at radius 3 is 2.78 bits per heavy atom. The molecule has 0 aliphatic rings. The van der Waals surface area contributed by atoms with Crippen LogP contribution in [0.4, 0.5) is 0 Å². The second-order valence-corrected chi connectivity index (χ2v) is 7.10. The second-order valence-electron chi connectivity index (χ2n) is 5.15. The number of aryl methyl sites for hydroxylation is 1. The number of rotatable bonds is 5. The Morgan fingerprint density at radius 1 is 1.28 bits per heavy atom. The van der Waals surface area contributed by atoms with E-state index in [9.17, 15) is 0 Å². The third kappa shape index (κ3) is 4.12. The highest BCUT2D eigenvalue weighted by molar-refractivity contribution is 7.20. The first-order valence-corrected chi connectivity index (χ1v) is 7.70. The van der Waals surface area contributed by atoms with Gasteiger partial charge in [0.05, 0.1) is 10.4 Å². The molecule has 0 aliphatic heterocycles. The summed E-state index contributed by atoms with van der Waals surface area (Å²) in [5.41, 5.74) is 2.01. The average molecular weight is 282 g/mol. The molecule has 2 aromatic rings. The van der Waals surface area contributed by atoms with Crippen molar-refractivity contribution in [2.24, 2.45) is 0 Å². The summed E-state index contributed by atoms with van der Waals surface area (Å²) in [7, 11) is 0. The van der Waals surface area contributed by atoms with E-state index in [0.717, 1.165) is 34.3 Å². The molecule has 0 radical (unpaired) electrons. The molecule has 0 saturated carbocycles. The Morgan fingerprint density at radius 2 is 2.11 bits per heavy atom. The molecule has 0 amide bonds. The Balaban J connectivity index is 1.81. The van der Waals surface area contributed by atoms with Crippen molar-refractivity contribution in [3.8, 4) is 9.88 Å². The zero-order chi connectivity index (χ0) is 13.0. The molecule has 0 bridgehead atoms. The van der Waals surface area contributed by atoms with Crippen LogP contribution in [0.1, 0.15) is 32.2 Å². The maximum Gasteiger partial charge on any atom is 0.159 e. The molecule has 2 rings (SSSR count). The highest BCUT2D eigenvalue weighted by Gasteiger charge is 2.10. The van der Waals surface area contributed by atoms with E-state index in [1.807, 2.05) is 11.7 Å². The molecule has 0 aromatic carbocycles. The van der Waals surface area contributed by atoms with Crippen molar-refractivity contribution in [1.29, 1.82) is 0 Å². The normalized spacial score (nSPS) is 11.9. The Kier molecular flexibility index (Phi) is 4.42. The summed E-state index contributed by atoms with van der Waals surface area (Å²) in [6, 6.07) is 0. The summed E-state index contributed by atoms with van der Waals surface area (Å²) in [6.45, 7) is 7.55. The second kappa shape index (κ2) is 5.86. The van der Waals surface area contributed by atoms with E-state index >= 15 is 0 Å². The van der Waals surface area contributed by atoms with Gasteiger partial charge in [-0.25, -0.2) is 0 Å². The van der Waals surface area contributed by atoms with Crippen LogP contribution in [-0.2, 0) is 6.42 Å². The van der Waals surface area contributed by atoms with Crippen LogP contribution in [0.5, 0.6) is 0 Å². The van der Waals surface area contributed by atoms with E-state index in [2.05, 4.69) is 41.3 Å². The molecule has 1 N–H and O–H groups in total. The molecule has 18 heavy (non-hydrogen) atoms. The van der Waals surface area contributed by atoms with Crippen molar-refractivity contribution < 1.29 is 0 Å². The molecule has 98 valence electrons. The van der Waals surface area contributed by atoms with Gasteiger partial charge in [0.25, 0.3) is 0 Å². The summed E-state index contributed by atoms with van der Waals surface area (Å²) in [4.78, 5) is 5.16. The van der Waals surface area contributed by atoms with Crippen LogP contribution < -0.4 is 5.32 Å². The van der Waals surface area contributed by atoms with Crippen LogP contribution >= 0.6 is 22.7 Å². The standard InChI is InChI=1S/C12H18N4S2/c1-12(2,3)14-6-4-5-10-15-16-11(18-10)9-7-13-8-17-9/h7-8,14H,4-6H2,1-3H3. The molecular weight excluding hydrogens is 264 g/mol. The monoisotopic (exact) mass is 282 g/mol. The Hall–Kier alpha value is -0.850. The minimum absolute atomic E-state index is 0.189. The highest BCUT2D eigenvalue weighted by atomic mass is 32.1. The van der Waals surface area contributed by atoms with E-state index in [1.165, 1.54) is 0 Å². The maximum absolute atomic E-state index is 4.23. The summed E-state index contributed by atoms with van der Waals surface area (Å²) < 4.78 is 0. The predicted octanol–water partition coefficient (Wildman–Crippen LogP) is 2.98. The summed E-state index contributed by atoms with van der Waals surface area (Å²) in [5, 5.41) is 14.0. The fourth-order valence-electron chi connectivity index (χ4n) is 1.48. The van der Waals surface area contributed by atoms with Crippen LogP contribution in [0.15, 0.2) is 11.7 Å². The number of hydrogen-bond acceptors (Lipinski definition) is 6. The number of thiazole rings is 1. The third-order valence-electron chi connectivity index (χ3n) is 2.33. The fourth-order valence-corrected chi connectivity index (χ4v) is 3.03. The van der Waals surface area contributed by atoms with Gasteiger partial charge in [-0.2, -0.15) is 0 Å². The lowest BCUT2D eigenvalue weighted by atomic mass is 10.1. The minimum Gasteiger partial charge on any atom is -0.312 e. The zero-order valence-electron chi connectivity index (χ0n) is 10.9. The van der Waals surface area contributed by atoms with Crippen molar-refractivity contribution in [2.45, 2.75) is 39.2 Å². The minimum atomic E-state index is 0.189. The number of hydrogen-bond donors (Lipinski definition) is 1. The molecule has 0 aliphatic carbocycles. The van der Waals surface area contributed by atoms with Gasteiger partial charge in [-0.1, -0.05) is 11.3 Å². The van der Waals surface area contributed by atoms with E-state index in [1.54, 1.807) is 22.7 Å². The molecule has 0 unspecified atom stereocenters. The SMILES string of the molecule is CC(C)(C)NCCCc1nnc(-c2cncs2)s1. The average Bonchev–Trinajstić information content (AvgIpc) is 2.93. The fraction of sp³-hybridized carbons (Fsp3) is 0.583. The van der Waals surface area contributed by atoms with E-state index in [0.29, 0.717) is 0 Å². The van der Waals surface area contributed by atoms with Gasteiger partial charge >= 0.3 is 0 Å². The molecule has 6 heteroatoms. The van der Waals surface area contributed by atoms with E-state index in [-0.39, 0.29) is 5.54 Å². The van der Waals surface area contributed by atoms with Gasteiger partial charge in [0.2, 0.25) is 0 Å². The van der Waals surface area contributed by atoms with Gasteiger partial charge in [-0.05, 0) is 33.7 Å². The van der Waals surface area contributed by atoms with Gasteiger partial charge in [0.15, 0.2) is 5.01 Å². The first kappa shape index (κ1) is 13.6. The van der Waals surface area contributed by atoms with Gasteiger partial charge in [-0.3, -0.25) is 4.98 Å². The van der Waals surface area contributed by atoms with Gasteiger partial charge in [0.1, 0.15) is 5.01 Å². The number of nitrogens with zero attached hydrogens (tertiary/aromatic N) is 3. The summed E-state index contributed by atoms with van der Waals surface area (Å²) in [6.07, 6.45) is 3.92. The third-order valence-corrected chi connectivity index (χ3v) is 4.26. The van der Waals surface area contributed by atoms with Crippen molar-refractivity contribution in [1.82, 2.24) is 20.5 Å². The van der Waals surface area contributed by atoms with E-state index in [4.69, 9.17) is 0 Å². The molecule has 0 atom stereocenters. The van der Waals surface area contributed by atoms with Gasteiger partial charge in [-0.15, -0.1) is 21.5 Å². The molecule has 0 fully saturated rings. The van der Waals surface area contributed by atoms with Crippen LogP contribution in [0, 0.1) is 0 Å². The lowest BCUT2D eigenvalue weighted by molar-refractivity contribution is 0.422. The first-order valence-electron chi connectivity index (χ1n) is 6.01. The van der Waals surface area contributed by atoms with Crippen molar-refractivity contribution in [3.63, 3.8) is 0 Å². The van der Waals surface area contributed by atoms with Crippen LogP contribution in [0.2, 0.25) is 0 Å². The van der Waals surface area contributed by atoms with Crippen LogP contribution in [0.3, 0.4) is 0 Å². The summed E-state index contributed by atoms with van der Waals surface area (Å²) in [5.74, 6) is 0. The lowest BCUT2D eigenvalue weighted by Gasteiger charge is -2.20. The molecular formula is C12H18N4S2. The summed E-state index contributed by atoms with van der Waals surface area (Å²) >= 11 is 3.27. The van der Waals surface area contributed by atoms with Crippen LogP contribution in [-0.4, -0.2) is 27.3 Å². The lowest BCUT2D eigenvalue weighted by Crippen LogP contribution is -2.36. The number of nitrogens with one attached hydrogen (secondary N) is 1. The molecule has 0 saturated heterocycles. The topological polar surface area (TPSA) is 50.7 Å². The highest BCUT2D eigenvalue weighted by Crippen LogP contribution is 2.26. The maximum atomic E-state index is 4.23. The van der Waals surface area contributed by atoms with Crippen molar-refractivity contribution in [3.05, 3.63) is 16.7 Å². The van der Waals surface area contributed by atoms with Gasteiger partial charge < -0.3 is 5.32 Å². The van der Waals surface area contributed by atoms with Gasteiger partial charge in [0, 0.05) is 18.2 Å². The van der Waals surface area contributed by atoms with E-state index < -0.39 is 0 Å². The van der Waals surface area contributed by atoms with Crippen molar-refractivity contribution in [2.75, 3.05) is 6.54 Å². The van der Waals surface area contributed by atoms with Crippen LogP contribution in [0.25, 0.3) is 9.88 Å². The zero-order valence-corrected chi connectivity index (χ0v) is 12.6. The number of aromatic nitrogens is 3. The largest absolute Gasteiger partial charge is 0.312 e. The molecule has 2 heterocycles. The smallest absolute Gasteiger partial charge is 0.159 e. The molecule has 0 spiro atoms. The Labute approximate surface area is 116 Å². The Bertz CT molecular complexity index is 470. The quantitative estimate of drug-likeness (QED) is 0.857.